The normalized spacial score (nSPS) is 11.3. The van der Waals surface area contributed by atoms with Gasteiger partial charge < -0.3 is 5.73 Å². The van der Waals surface area contributed by atoms with Crippen molar-refractivity contribution in [2.24, 2.45) is 5.73 Å². The Balaban J connectivity index is 0. The third-order valence-corrected chi connectivity index (χ3v) is 3.42. The van der Waals surface area contributed by atoms with E-state index in [9.17, 15) is 0 Å². The van der Waals surface area contributed by atoms with Crippen molar-refractivity contribution >= 4 is 12.4 Å². The molecule has 2 N–H and O–H groups in total. The van der Waals surface area contributed by atoms with Crippen LogP contribution in [0.4, 0.5) is 0 Å². The van der Waals surface area contributed by atoms with E-state index in [-0.39, 0.29) is 17.9 Å². The lowest BCUT2D eigenvalue weighted by Gasteiger charge is -2.17. The summed E-state index contributed by atoms with van der Waals surface area (Å²) in [6.07, 6.45) is 16.7. The molecule has 0 aromatic rings. The molecule has 2 heteroatoms. The highest BCUT2D eigenvalue weighted by molar-refractivity contribution is 5.85. The zero-order chi connectivity index (χ0) is 13.0. The fourth-order valence-electron chi connectivity index (χ4n) is 2.24. The molecule has 0 atom stereocenters. The molecule has 0 aromatic carbocycles. The Kier molecular flexibility index (Phi) is 15.6. The molecule has 0 aliphatic heterocycles. The first-order chi connectivity index (χ1) is 8.06. The van der Waals surface area contributed by atoms with E-state index in [4.69, 9.17) is 5.73 Å². The summed E-state index contributed by atoms with van der Waals surface area (Å²) in [4.78, 5) is 0. The number of halogens is 1. The molecule has 0 aliphatic rings. The van der Waals surface area contributed by atoms with Crippen molar-refractivity contribution in [1.82, 2.24) is 0 Å². The maximum atomic E-state index is 5.96. The maximum absolute atomic E-state index is 5.96. The lowest BCUT2D eigenvalue weighted by atomic mass is 9.97. The number of rotatable bonds is 12. The monoisotopic (exact) mass is 277 g/mol. The van der Waals surface area contributed by atoms with Crippen LogP contribution in [-0.4, -0.2) is 5.54 Å². The van der Waals surface area contributed by atoms with E-state index >= 15 is 0 Å². The van der Waals surface area contributed by atoms with Gasteiger partial charge in [0.1, 0.15) is 0 Å². The predicted octanol–water partition coefficient (Wildman–Crippen LogP) is 5.85. The minimum absolute atomic E-state index is 0. The third-order valence-electron chi connectivity index (χ3n) is 3.42. The molecule has 112 valence electrons. The molecule has 1 nitrogen and oxygen atoms in total. The van der Waals surface area contributed by atoms with Gasteiger partial charge in [-0.2, -0.15) is 0 Å². The molecule has 0 bridgehead atoms. The van der Waals surface area contributed by atoms with Crippen molar-refractivity contribution in [3.05, 3.63) is 0 Å². The van der Waals surface area contributed by atoms with Crippen molar-refractivity contribution in [2.45, 2.75) is 103 Å². The van der Waals surface area contributed by atoms with Crippen molar-refractivity contribution in [3.63, 3.8) is 0 Å². The van der Waals surface area contributed by atoms with Gasteiger partial charge in [0.15, 0.2) is 0 Å². The SMILES string of the molecule is CCCCCCCCCCCCCC(C)(C)N.Cl. The van der Waals surface area contributed by atoms with Crippen LogP contribution in [0.25, 0.3) is 0 Å². The van der Waals surface area contributed by atoms with Gasteiger partial charge in [-0.1, -0.05) is 77.6 Å². The van der Waals surface area contributed by atoms with Gasteiger partial charge in [0.2, 0.25) is 0 Å². The first-order valence-corrected chi connectivity index (χ1v) is 7.85. The molecule has 0 heterocycles. The van der Waals surface area contributed by atoms with Crippen LogP contribution in [0.2, 0.25) is 0 Å². The highest BCUT2D eigenvalue weighted by Crippen LogP contribution is 2.14. The minimum Gasteiger partial charge on any atom is -0.326 e. The van der Waals surface area contributed by atoms with Crippen molar-refractivity contribution in [1.29, 1.82) is 0 Å². The van der Waals surface area contributed by atoms with Gasteiger partial charge in [-0.05, 0) is 20.3 Å². The fourth-order valence-corrected chi connectivity index (χ4v) is 2.24. The van der Waals surface area contributed by atoms with E-state index in [0.717, 1.165) is 0 Å². The van der Waals surface area contributed by atoms with E-state index in [0.29, 0.717) is 0 Å². The summed E-state index contributed by atoms with van der Waals surface area (Å²) in [5, 5.41) is 0. The molecule has 0 fully saturated rings. The molecule has 0 saturated heterocycles. The number of unbranched alkanes of at least 4 members (excludes halogenated alkanes) is 10. The van der Waals surface area contributed by atoms with Crippen LogP contribution in [0.1, 0.15) is 97.8 Å². The Morgan fingerprint density at radius 1 is 0.667 bits per heavy atom. The van der Waals surface area contributed by atoms with E-state index in [1.54, 1.807) is 0 Å². The van der Waals surface area contributed by atoms with Crippen molar-refractivity contribution < 1.29 is 0 Å². The smallest absolute Gasteiger partial charge is 0.00970 e. The topological polar surface area (TPSA) is 26.0 Å². The van der Waals surface area contributed by atoms with Gasteiger partial charge >= 0.3 is 0 Å². The molecule has 0 aliphatic carbocycles. The van der Waals surface area contributed by atoms with Gasteiger partial charge in [0.05, 0.1) is 0 Å². The Morgan fingerprint density at radius 3 is 1.33 bits per heavy atom. The molecular weight excluding hydrogens is 242 g/mol. The zero-order valence-electron chi connectivity index (χ0n) is 13.0. The summed E-state index contributed by atoms with van der Waals surface area (Å²) >= 11 is 0. The number of hydrogen-bond donors (Lipinski definition) is 1. The van der Waals surface area contributed by atoms with Crippen LogP contribution < -0.4 is 5.73 Å². The Labute approximate surface area is 122 Å². The summed E-state index contributed by atoms with van der Waals surface area (Å²) in [7, 11) is 0. The Morgan fingerprint density at radius 2 is 1.00 bits per heavy atom. The summed E-state index contributed by atoms with van der Waals surface area (Å²) in [5.74, 6) is 0. The maximum Gasteiger partial charge on any atom is 0.00970 e. The molecule has 0 aromatic heterocycles. The Bertz CT molecular complexity index is 152. The molecule has 0 radical (unpaired) electrons. The predicted molar refractivity (Wildman–Crippen MR) is 86.6 cm³/mol. The summed E-state index contributed by atoms with van der Waals surface area (Å²) in [6, 6.07) is 0. The summed E-state index contributed by atoms with van der Waals surface area (Å²) in [5.41, 5.74) is 6.00. The first kappa shape index (κ1) is 20.6. The second-order valence-corrected chi connectivity index (χ2v) is 6.27. The molecule has 18 heavy (non-hydrogen) atoms. The highest BCUT2D eigenvalue weighted by Gasteiger charge is 2.08. The molecule has 0 saturated carbocycles. The van der Waals surface area contributed by atoms with Gasteiger partial charge in [-0.3, -0.25) is 0 Å². The van der Waals surface area contributed by atoms with Crippen molar-refractivity contribution in [2.75, 3.05) is 0 Å². The van der Waals surface area contributed by atoms with E-state index in [1.807, 2.05) is 0 Å². The van der Waals surface area contributed by atoms with Gasteiger partial charge in [0.25, 0.3) is 0 Å². The van der Waals surface area contributed by atoms with E-state index < -0.39 is 0 Å². The standard InChI is InChI=1S/C16H35N.ClH/c1-4-5-6-7-8-9-10-11-12-13-14-15-16(2,3)17;/h4-15,17H2,1-3H3;1H. The second-order valence-electron chi connectivity index (χ2n) is 6.27. The fraction of sp³-hybridized carbons (Fsp3) is 1.00. The van der Waals surface area contributed by atoms with Gasteiger partial charge in [-0.25, -0.2) is 0 Å². The van der Waals surface area contributed by atoms with Gasteiger partial charge in [0, 0.05) is 5.54 Å². The molecule has 0 unspecified atom stereocenters. The average Bonchev–Trinajstić information content (AvgIpc) is 2.24. The molecule has 0 amide bonds. The zero-order valence-corrected chi connectivity index (χ0v) is 13.8. The van der Waals surface area contributed by atoms with Crippen LogP contribution in [0.15, 0.2) is 0 Å². The molecular formula is C16H36ClN. The third kappa shape index (κ3) is 18.6. The largest absolute Gasteiger partial charge is 0.326 e. The average molecular weight is 278 g/mol. The van der Waals surface area contributed by atoms with Crippen LogP contribution >= 0.6 is 12.4 Å². The van der Waals surface area contributed by atoms with E-state index in [1.165, 1.54) is 77.0 Å². The summed E-state index contributed by atoms with van der Waals surface area (Å²) in [6.45, 7) is 6.54. The Hall–Kier alpha value is 0.250. The van der Waals surface area contributed by atoms with E-state index in [2.05, 4.69) is 20.8 Å². The second kappa shape index (κ2) is 13.7. The highest BCUT2D eigenvalue weighted by atomic mass is 35.5. The molecule has 0 rings (SSSR count). The number of hydrogen-bond acceptors (Lipinski definition) is 1. The van der Waals surface area contributed by atoms with Crippen LogP contribution in [0.5, 0.6) is 0 Å². The lowest BCUT2D eigenvalue weighted by molar-refractivity contribution is 0.440. The quantitative estimate of drug-likeness (QED) is 0.445. The number of nitrogens with two attached hydrogens (primary N) is 1. The lowest BCUT2D eigenvalue weighted by Crippen LogP contribution is -2.31. The van der Waals surface area contributed by atoms with Crippen LogP contribution in [0.3, 0.4) is 0 Å². The first-order valence-electron chi connectivity index (χ1n) is 7.85. The van der Waals surface area contributed by atoms with Crippen molar-refractivity contribution in [3.8, 4) is 0 Å². The molecule has 0 spiro atoms. The van der Waals surface area contributed by atoms with Crippen LogP contribution in [-0.2, 0) is 0 Å². The summed E-state index contributed by atoms with van der Waals surface area (Å²) < 4.78 is 0. The van der Waals surface area contributed by atoms with Crippen LogP contribution in [0, 0.1) is 0 Å². The minimum atomic E-state index is 0. The van der Waals surface area contributed by atoms with Gasteiger partial charge in [-0.15, -0.1) is 12.4 Å².